The molecule has 0 aliphatic heterocycles. The minimum absolute atomic E-state index is 0.240. The predicted octanol–water partition coefficient (Wildman–Crippen LogP) is 6.92. The van der Waals surface area contributed by atoms with Crippen LogP contribution in [0.4, 0.5) is 10.5 Å². The normalized spacial score (nSPS) is 13.8. The molecule has 0 aromatic heterocycles. The van der Waals surface area contributed by atoms with E-state index < -0.39 is 29.3 Å². The van der Waals surface area contributed by atoms with Crippen molar-refractivity contribution in [2.24, 2.45) is 5.92 Å². The number of anilines is 1. The van der Waals surface area contributed by atoms with Gasteiger partial charge in [-0.2, -0.15) is 0 Å². The monoisotopic (exact) mass is 561 g/mol. The van der Waals surface area contributed by atoms with Gasteiger partial charge in [0.05, 0.1) is 0 Å². The highest BCUT2D eigenvalue weighted by Gasteiger charge is 2.45. The quantitative estimate of drug-likeness (QED) is 0.308. The molecule has 7 heteroatoms. The van der Waals surface area contributed by atoms with Crippen LogP contribution < -0.4 is 10.6 Å². The predicted molar refractivity (Wildman–Crippen MR) is 165 cm³/mol. The van der Waals surface area contributed by atoms with Crippen LogP contribution in [-0.2, 0) is 14.3 Å². The van der Waals surface area contributed by atoms with E-state index in [2.05, 4.69) is 16.6 Å². The summed E-state index contributed by atoms with van der Waals surface area (Å²) in [5.74, 6) is 1.68. The number of aryl methyl sites for hydroxylation is 2. The van der Waals surface area contributed by atoms with Crippen LogP contribution in [0, 0.1) is 32.1 Å². The molecule has 2 aromatic carbocycles. The third-order valence-corrected chi connectivity index (χ3v) is 7.55. The molecule has 0 fully saturated rings. The molecule has 2 rings (SSSR count). The molecule has 0 saturated heterocycles. The molecule has 7 nitrogen and oxygen atoms in total. The lowest BCUT2D eigenvalue weighted by Gasteiger charge is -2.45. The topological polar surface area (TPSA) is 87.7 Å². The summed E-state index contributed by atoms with van der Waals surface area (Å²) >= 11 is 0. The van der Waals surface area contributed by atoms with Gasteiger partial charge in [-0.25, -0.2) is 4.79 Å². The van der Waals surface area contributed by atoms with Crippen LogP contribution in [0.25, 0.3) is 0 Å². The van der Waals surface area contributed by atoms with Crippen molar-refractivity contribution in [2.45, 2.75) is 105 Å². The molecule has 0 aliphatic carbocycles. The molecule has 3 amide bonds. The summed E-state index contributed by atoms with van der Waals surface area (Å²) in [5, 5.41) is 5.92. The fourth-order valence-electron chi connectivity index (χ4n) is 4.68. The second-order valence-electron chi connectivity index (χ2n) is 12.3. The number of benzene rings is 2. The molecule has 0 spiro atoms. The molecule has 0 aliphatic rings. The first-order valence-electron chi connectivity index (χ1n) is 14.3. The van der Waals surface area contributed by atoms with Crippen LogP contribution in [0.1, 0.15) is 96.5 Å². The van der Waals surface area contributed by atoms with Gasteiger partial charge in [0.1, 0.15) is 17.7 Å². The van der Waals surface area contributed by atoms with Crippen LogP contribution >= 0.6 is 0 Å². The zero-order chi connectivity index (χ0) is 31.1. The Balaban J connectivity index is 2.77. The molecular formula is C34H47N3O4. The smallest absolute Gasteiger partial charge is 0.408 e. The number of para-hydroxylation sites is 1. The van der Waals surface area contributed by atoms with Crippen LogP contribution in [0.2, 0.25) is 0 Å². The molecular weight excluding hydrogens is 514 g/mol. The number of ether oxygens (including phenoxy) is 1. The van der Waals surface area contributed by atoms with Crippen molar-refractivity contribution < 1.29 is 19.1 Å². The Hall–Kier alpha value is -3.79. The number of hydrogen-bond acceptors (Lipinski definition) is 4. The summed E-state index contributed by atoms with van der Waals surface area (Å²) in [6.45, 7) is 18.8. The van der Waals surface area contributed by atoms with Gasteiger partial charge >= 0.3 is 6.09 Å². The summed E-state index contributed by atoms with van der Waals surface area (Å²) in [7, 11) is 0. The molecule has 0 bridgehead atoms. The lowest BCUT2D eigenvalue weighted by atomic mass is 9.88. The first kappa shape index (κ1) is 33.4. The molecule has 0 heterocycles. The highest BCUT2D eigenvalue weighted by molar-refractivity contribution is 6.00. The largest absolute Gasteiger partial charge is 0.444 e. The van der Waals surface area contributed by atoms with E-state index >= 15 is 0 Å². The van der Waals surface area contributed by atoms with Crippen molar-refractivity contribution in [1.82, 2.24) is 10.2 Å². The third kappa shape index (κ3) is 8.36. The third-order valence-electron chi connectivity index (χ3n) is 7.55. The Bertz CT molecular complexity index is 1270. The van der Waals surface area contributed by atoms with Gasteiger partial charge in [-0.1, -0.05) is 69.5 Å². The van der Waals surface area contributed by atoms with E-state index in [0.29, 0.717) is 29.7 Å². The second kappa shape index (κ2) is 13.7. The van der Waals surface area contributed by atoms with E-state index in [1.165, 1.54) is 0 Å². The number of nitrogens with one attached hydrogen (secondary N) is 2. The molecule has 3 atom stereocenters. The molecule has 3 unspecified atom stereocenters. The maximum absolute atomic E-state index is 14.7. The minimum Gasteiger partial charge on any atom is -0.444 e. The lowest BCUT2D eigenvalue weighted by Crippen LogP contribution is -2.60. The van der Waals surface area contributed by atoms with Crippen molar-refractivity contribution in [3.63, 3.8) is 0 Å². The van der Waals surface area contributed by atoms with E-state index in [-0.39, 0.29) is 17.7 Å². The zero-order valence-electron chi connectivity index (χ0n) is 26.3. The van der Waals surface area contributed by atoms with E-state index in [1.807, 2.05) is 78.8 Å². The summed E-state index contributed by atoms with van der Waals surface area (Å²) < 4.78 is 5.51. The number of carbonyl (C=O) groups excluding carboxylic acids is 3. The Morgan fingerprint density at radius 2 is 1.56 bits per heavy atom. The molecule has 0 radical (unpaired) electrons. The first-order valence-corrected chi connectivity index (χ1v) is 14.3. The molecule has 41 heavy (non-hydrogen) atoms. The van der Waals surface area contributed by atoms with Crippen molar-refractivity contribution >= 4 is 23.6 Å². The summed E-state index contributed by atoms with van der Waals surface area (Å²) in [4.78, 5) is 43.6. The Morgan fingerprint density at radius 3 is 2.07 bits per heavy atom. The Labute approximate surface area is 246 Å². The number of nitrogens with zero attached hydrogens (tertiary/aromatic N) is 1. The van der Waals surface area contributed by atoms with Crippen molar-refractivity contribution in [3.8, 4) is 12.3 Å². The van der Waals surface area contributed by atoms with E-state index in [4.69, 9.17) is 11.2 Å². The fraction of sp³-hybridized carbons (Fsp3) is 0.500. The van der Waals surface area contributed by atoms with Gasteiger partial charge in [0.2, 0.25) is 5.91 Å². The minimum atomic E-state index is -1.07. The van der Waals surface area contributed by atoms with Crippen LogP contribution in [0.5, 0.6) is 0 Å². The Kier molecular flexibility index (Phi) is 11.2. The van der Waals surface area contributed by atoms with E-state index in [9.17, 15) is 14.4 Å². The highest BCUT2D eigenvalue weighted by Crippen LogP contribution is 2.35. The van der Waals surface area contributed by atoms with Crippen LogP contribution in [0.3, 0.4) is 0 Å². The average molecular weight is 562 g/mol. The van der Waals surface area contributed by atoms with Crippen molar-refractivity contribution in [1.29, 1.82) is 0 Å². The number of alkyl carbamates (subject to hydrolysis) is 1. The maximum atomic E-state index is 14.7. The number of amides is 3. The molecule has 2 N–H and O–H groups in total. The fourth-order valence-corrected chi connectivity index (χ4v) is 4.68. The van der Waals surface area contributed by atoms with E-state index in [1.54, 1.807) is 37.8 Å². The van der Waals surface area contributed by atoms with Gasteiger partial charge in [0.15, 0.2) is 0 Å². The summed E-state index contributed by atoms with van der Waals surface area (Å²) in [5.41, 5.74) is 2.01. The second-order valence-corrected chi connectivity index (χ2v) is 12.3. The summed E-state index contributed by atoms with van der Waals surface area (Å²) in [6, 6.07) is 10.9. The van der Waals surface area contributed by atoms with Gasteiger partial charge in [-0.3, -0.25) is 9.59 Å². The van der Waals surface area contributed by atoms with Crippen LogP contribution in [0.15, 0.2) is 42.5 Å². The molecule has 2 aromatic rings. The van der Waals surface area contributed by atoms with Gasteiger partial charge in [0.25, 0.3) is 5.91 Å². The Morgan fingerprint density at radius 1 is 0.976 bits per heavy atom. The number of carbonyl (C=O) groups is 3. The maximum Gasteiger partial charge on any atom is 0.408 e. The SMILES string of the molecule is C#Cc1ccccc1C(C(=O)Nc1c(C)cccc1C)N(C(=O)C(NC(=O)OC(C)(C)C)C(C)CC)C(C)(C)CC. The van der Waals surface area contributed by atoms with Crippen molar-refractivity contribution in [2.75, 3.05) is 5.32 Å². The van der Waals surface area contributed by atoms with Crippen molar-refractivity contribution in [3.05, 3.63) is 64.7 Å². The van der Waals surface area contributed by atoms with Gasteiger partial charge in [-0.15, -0.1) is 6.42 Å². The average Bonchev–Trinajstić information content (AvgIpc) is 2.90. The van der Waals surface area contributed by atoms with Gasteiger partial charge in [-0.05, 0) is 83.6 Å². The molecule has 0 saturated carbocycles. The highest BCUT2D eigenvalue weighted by atomic mass is 16.6. The first-order chi connectivity index (χ1) is 19.1. The van der Waals surface area contributed by atoms with Crippen LogP contribution in [-0.4, -0.2) is 40.0 Å². The van der Waals surface area contributed by atoms with Gasteiger partial charge in [0, 0.05) is 16.8 Å². The number of terminal acetylenes is 1. The van der Waals surface area contributed by atoms with Gasteiger partial charge < -0.3 is 20.3 Å². The van der Waals surface area contributed by atoms with E-state index in [0.717, 1.165) is 11.1 Å². The molecule has 222 valence electrons. The summed E-state index contributed by atoms with van der Waals surface area (Å²) in [6.07, 6.45) is 6.38. The number of rotatable bonds is 10. The zero-order valence-corrected chi connectivity index (χ0v) is 26.3. The standard InChI is InChI=1S/C34H47N3O4/c1-12-22(4)28(36-32(40)41-33(7,8)9)31(39)37(34(10,11)14-3)29(26-21-16-15-20-25(26)13-2)30(38)35-27-23(5)18-17-19-24(27)6/h2,15-22,28-29H,12,14H2,1,3-11H3,(H,35,38)(H,36,40). The lowest BCUT2D eigenvalue weighted by molar-refractivity contribution is -0.148. The number of hydrogen-bond donors (Lipinski definition) is 2.